The second kappa shape index (κ2) is 5.61. The van der Waals surface area contributed by atoms with Crippen molar-refractivity contribution in [2.24, 2.45) is 0 Å². The second-order valence-corrected chi connectivity index (χ2v) is 6.07. The third-order valence-electron chi connectivity index (χ3n) is 4.51. The predicted octanol–water partition coefficient (Wildman–Crippen LogP) is 2.00. The van der Waals surface area contributed by atoms with Crippen LogP contribution in [0.1, 0.15) is 6.42 Å². The molecule has 1 aliphatic carbocycles. The highest BCUT2D eigenvalue weighted by Crippen LogP contribution is 2.48. The van der Waals surface area contributed by atoms with Crippen LogP contribution in [0, 0.1) is 0 Å². The van der Waals surface area contributed by atoms with Crippen LogP contribution in [0.2, 0.25) is 0 Å². The van der Waals surface area contributed by atoms with Crippen molar-refractivity contribution in [1.29, 1.82) is 0 Å². The summed E-state index contributed by atoms with van der Waals surface area (Å²) in [5.41, 5.74) is 0.281. The van der Waals surface area contributed by atoms with E-state index < -0.39 is 24.0 Å². The largest absolute Gasteiger partial charge is 0.478 e. The molecule has 6 nitrogen and oxygen atoms in total. The van der Waals surface area contributed by atoms with Crippen molar-refractivity contribution in [2.75, 3.05) is 0 Å². The lowest BCUT2D eigenvalue weighted by atomic mass is 10.0. The third-order valence-corrected chi connectivity index (χ3v) is 4.51. The van der Waals surface area contributed by atoms with E-state index >= 15 is 0 Å². The average Bonchev–Trinajstić information content (AvgIpc) is 2.78. The van der Waals surface area contributed by atoms with E-state index in [0.29, 0.717) is 11.5 Å². The molecule has 0 unspecified atom stereocenters. The van der Waals surface area contributed by atoms with Crippen LogP contribution in [0.15, 0.2) is 60.2 Å². The number of carboxylic acid groups (broad SMARTS) is 1. The lowest BCUT2D eigenvalue weighted by molar-refractivity contribution is -0.147. The number of aliphatic hydroxyl groups is 2. The van der Waals surface area contributed by atoms with E-state index in [9.17, 15) is 15.0 Å². The smallest absolute Gasteiger partial charge is 0.328 e. The highest BCUT2D eigenvalue weighted by atomic mass is 16.7. The van der Waals surface area contributed by atoms with Gasteiger partial charge in [-0.2, -0.15) is 0 Å². The fourth-order valence-electron chi connectivity index (χ4n) is 3.42. The zero-order chi connectivity index (χ0) is 17.6. The van der Waals surface area contributed by atoms with Crippen molar-refractivity contribution in [3.05, 3.63) is 60.2 Å². The van der Waals surface area contributed by atoms with Crippen molar-refractivity contribution in [2.45, 2.75) is 24.4 Å². The number of carbonyl (C=O) groups is 1. The Hall–Kier alpha value is -2.83. The number of hydrogen-bond acceptors (Lipinski definition) is 5. The molecule has 128 valence electrons. The van der Waals surface area contributed by atoms with Gasteiger partial charge in [-0.3, -0.25) is 0 Å². The summed E-state index contributed by atoms with van der Waals surface area (Å²) in [6.45, 7) is 0. The Kier molecular flexibility index (Phi) is 3.52. The van der Waals surface area contributed by atoms with E-state index in [4.69, 9.17) is 14.6 Å². The monoisotopic (exact) mass is 340 g/mol. The Morgan fingerprint density at radius 2 is 1.76 bits per heavy atom. The number of ether oxygens (including phenoxy) is 2. The lowest BCUT2D eigenvalue weighted by Crippen LogP contribution is -2.52. The summed E-state index contributed by atoms with van der Waals surface area (Å²) < 4.78 is 12.0. The minimum absolute atomic E-state index is 0.0326. The maximum Gasteiger partial charge on any atom is 0.328 e. The Labute approximate surface area is 143 Å². The van der Waals surface area contributed by atoms with Gasteiger partial charge < -0.3 is 24.8 Å². The fraction of sp³-hybridized carbons (Fsp3) is 0.211. The summed E-state index contributed by atoms with van der Waals surface area (Å²) >= 11 is 0. The number of hydrogen-bond donors (Lipinski definition) is 3. The second-order valence-electron chi connectivity index (χ2n) is 6.07. The zero-order valence-corrected chi connectivity index (χ0v) is 13.1. The number of aliphatic hydroxyl groups excluding tert-OH is 2. The van der Waals surface area contributed by atoms with Crippen LogP contribution in [0.4, 0.5) is 0 Å². The minimum Gasteiger partial charge on any atom is -0.478 e. The molecule has 6 heteroatoms. The number of carboxylic acids is 1. The molecular formula is C19H16O6. The number of rotatable bonds is 2. The summed E-state index contributed by atoms with van der Waals surface area (Å²) in [7, 11) is 0. The number of benzene rings is 2. The topological polar surface area (TPSA) is 96.2 Å². The molecule has 1 aliphatic heterocycles. The van der Waals surface area contributed by atoms with E-state index in [1.54, 1.807) is 12.1 Å². The van der Waals surface area contributed by atoms with E-state index in [2.05, 4.69) is 0 Å². The van der Waals surface area contributed by atoms with Crippen LogP contribution in [0.5, 0.6) is 11.5 Å². The molecule has 2 aromatic rings. The van der Waals surface area contributed by atoms with Crippen molar-refractivity contribution >= 4 is 16.7 Å². The Morgan fingerprint density at radius 1 is 1.12 bits per heavy atom. The van der Waals surface area contributed by atoms with Gasteiger partial charge in [0, 0.05) is 18.1 Å². The van der Waals surface area contributed by atoms with Gasteiger partial charge in [0.05, 0.1) is 11.5 Å². The molecule has 0 saturated heterocycles. The summed E-state index contributed by atoms with van der Waals surface area (Å²) in [4.78, 5) is 10.7. The fourth-order valence-corrected chi connectivity index (χ4v) is 3.42. The average molecular weight is 340 g/mol. The first-order valence-electron chi connectivity index (χ1n) is 7.89. The molecule has 2 atom stereocenters. The van der Waals surface area contributed by atoms with Gasteiger partial charge in [-0.1, -0.05) is 36.4 Å². The summed E-state index contributed by atoms with van der Waals surface area (Å²) in [6, 6.07) is 11.1. The third kappa shape index (κ3) is 2.38. The SMILES string of the molecule is O=C(O)/C=C/C=C1\[C@@H](O)C[C@H](O)C12Oc1cccc3cccc(c13)O2. The van der Waals surface area contributed by atoms with Crippen molar-refractivity contribution in [1.82, 2.24) is 0 Å². The standard InChI is InChI=1S/C19H16O6/c20-13-10-16(21)19(12(13)6-3-9-17(22)23)24-14-7-1-4-11-5-2-8-15(25-19)18(11)14/h1-9,13,16,20-21H,10H2,(H,22,23)/b9-3+,12-6+/t13-,16-/m0/s1. The Bertz CT molecular complexity index is 873. The van der Waals surface area contributed by atoms with E-state index in [0.717, 1.165) is 16.8 Å². The molecule has 0 aromatic heterocycles. The lowest BCUT2D eigenvalue weighted by Gasteiger charge is -2.38. The molecule has 25 heavy (non-hydrogen) atoms. The van der Waals surface area contributed by atoms with Crippen molar-refractivity contribution in [3.63, 3.8) is 0 Å². The molecule has 1 saturated carbocycles. The molecule has 2 aromatic carbocycles. The molecule has 0 radical (unpaired) electrons. The van der Waals surface area contributed by atoms with E-state index in [1.165, 1.54) is 12.2 Å². The zero-order valence-electron chi connectivity index (χ0n) is 13.1. The molecule has 2 aliphatic rings. The molecule has 0 bridgehead atoms. The summed E-state index contributed by atoms with van der Waals surface area (Å²) in [5, 5.41) is 31.3. The Morgan fingerprint density at radius 3 is 2.36 bits per heavy atom. The maximum atomic E-state index is 10.7. The molecule has 4 rings (SSSR count). The molecule has 0 amide bonds. The van der Waals surface area contributed by atoms with Gasteiger partial charge in [-0.25, -0.2) is 4.79 Å². The van der Waals surface area contributed by atoms with Gasteiger partial charge in [0.2, 0.25) is 0 Å². The van der Waals surface area contributed by atoms with Crippen molar-refractivity contribution < 1.29 is 29.6 Å². The molecular weight excluding hydrogens is 324 g/mol. The van der Waals surface area contributed by atoms with Gasteiger partial charge in [-0.15, -0.1) is 0 Å². The molecule has 1 spiro atoms. The normalized spacial score (nSPS) is 25.4. The summed E-state index contributed by atoms with van der Waals surface area (Å²) in [6.07, 6.45) is 1.58. The van der Waals surface area contributed by atoms with Crippen LogP contribution >= 0.6 is 0 Å². The quantitative estimate of drug-likeness (QED) is 0.724. The van der Waals surface area contributed by atoms with Gasteiger partial charge >= 0.3 is 11.8 Å². The maximum absolute atomic E-state index is 10.7. The number of aliphatic carboxylic acids is 1. The van der Waals surface area contributed by atoms with Gasteiger partial charge in [-0.05, 0) is 17.5 Å². The van der Waals surface area contributed by atoms with Crippen LogP contribution < -0.4 is 9.47 Å². The van der Waals surface area contributed by atoms with Crippen molar-refractivity contribution in [3.8, 4) is 11.5 Å². The van der Waals surface area contributed by atoms with Gasteiger partial charge in [0.1, 0.15) is 17.6 Å². The van der Waals surface area contributed by atoms with Gasteiger partial charge in [0.15, 0.2) is 0 Å². The van der Waals surface area contributed by atoms with E-state index in [-0.39, 0.29) is 12.0 Å². The minimum atomic E-state index is -1.58. The van der Waals surface area contributed by atoms with Crippen LogP contribution in [-0.4, -0.2) is 39.3 Å². The highest BCUT2D eigenvalue weighted by Gasteiger charge is 2.57. The molecule has 1 heterocycles. The molecule has 1 fully saturated rings. The van der Waals surface area contributed by atoms with Crippen LogP contribution in [0.3, 0.4) is 0 Å². The Balaban J connectivity index is 1.84. The highest BCUT2D eigenvalue weighted by molar-refractivity contribution is 5.94. The number of allylic oxidation sites excluding steroid dienone is 2. The van der Waals surface area contributed by atoms with Crippen LogP contribution in [0.25, 0.3) is 10.8 Å². The van der Waals surface area contributed by atoms with E-state index in [1.807, 2.05) is 24.3 Å². The first-order valence-corrected chi connectivity index (χ1v) is 7.89. The van der Waals surface area contributed by atoms with Crippen LogP contribution in [-0.2, 0) is 4.79 Å². The predicted molar refractivity (Wildman–Crippen MR) is 89.4 cm³/mol. The summed E-state index contributed by atoms with van der Waals surface area (Å²) in [5.74, 6) is -1.61. The van der Waals surface area contributed by atoms with Gasteiger partial charge in [0.25, 0.3) is 0 Å². The first kappa shape index (κ1) is 15.7. The first-order chi connectivity index (χ1) is 12.0. The molecule has 3 N–H and O–H groups in total.